The molecule has 12 heavy (non-hydrogen) atoms. The summed E-state index contributed by atoms with van der Waals surface area (Å²) in [6, 6.07) is 7.39. The molecule has 0 N–H and O–H groups in total. The highest BCUT2D eigenvalue weighted by Crippen LogP contribution is 2.42. The molecule has 64 valence electrons. The van der Waals surface area contributed by atoms with Gasteiger partial charge in [-0.1, -0.05) is 18.2 Å². The Hall–Kier alpha value is -0.0500. The fourth-order valence-corrected chi connectivity index (χ4v) is 3.47. The maximum atomic E-state index is 11.5. The second kappa shape index (κ2) is 3.02. The maximum Gasteiger partial charge on any atom is 0.134 e. The minimum absolute atomic E-state index is 0.316. The first kappa shape index (κ1) is 8.54. The molecular formula is C8H6Cl2OS. The van der Waals surface area contributed by atoms with Crippen molar-refractivity contribution < 1.29 is 4.21 Å². The number of fused-ring (bicyclic) bond motifs is 1. The van der Waals surface area contributed by atoms with Crippen LogP contribution in [0.3, 0.4) is 0 Å². The first-order valence-corrected chi connectivity index (χ1v) is 5.58. The van der Waals surface area contributed by atoms with E-state index in [2.05, 4.69) is 0 Å². The number of halogens is 2. The molecule has 1 unspecified atom stereocenters. The summed E-state index contributed by atoms with van der Waals surface area (Å²) in [5.41, 5.74) is 0.900. The predicted molar refractivity (Wildman–Crippen MR) is 51.1 cm³/mol. The van der Waals surface area contributed by atoms with Crippen molar-refractivity contribution in [3.05, 3.63) is 29.8 Å². The van der Waals surface area contributed by atoms with Crippen LogP contribution >= 0.6 is 23.2 Å². The van der Waals surface area contributed by atoms with Crippen molar-refractivity contribution >= 4 is 34.0 Å². The SMILES string of the molecule is O=S1c2ccccc2[C@H](Cl)[C@@H]1Cl. The Labute approximate surface area is 83.1 Å². The van der Waals surface area contributed by atoms with Gasteiger partial charge in [0.25, 0.3) is 0 Å². The van der Waals surface area contributed by atoms with Crippen molar-refractivity contribution in [2.75, 3.05) is 0 Å². The molecule has 0 amide bonds. The smallest absolute Gasteiger partial charge is 0.134 e. The first-order chi connectivity index (χ1) is 5.72. The monoisotopic (exact) mass is 220 g/mol. The van der Waals surface area contributed by atoms with Gasteiger partial charge in [0.2, 0.25) is 0 Å². The average molecular weight is 221 g/mol. The molecule has 1 heterocycles. The van der Waals surface area contributed by atoms with Crippen molar-refractivity contribution in [2.24, 2.45) is 0 Å². The summed E-state index contributed by atoms with van der Waals surface area (Å²) in [5.74, 6) is 0. The molecule has 1 aromatic rings. The van der Waals surface area contributed by atoms with Gasteiger partial charge in [0.05, 0.1) is 16.2 Å². The topological polar surface area (TPSA) is 17.1 Å². The van der Waals surface area contributed by atoms with Crippen LogP contribution in [0, 0.1) is 0 Å². The summed E-state index contributed by atoms with van der Waals surface area (Å²) in [6.07, 6.45) is 0. The Bertz CT molecular complexity index is 340. The fourth-order valence-electron chi connectivity index (χ4n) is 1.26. The third-order valence-electron chi connectivity index (χ3n) is 1.87. The van der Waals surface area contributed by atoms with Gasteiger partial charge >= 0.3 is 0 Å². The molecule has 0 bridgehead atoms. The van der Waals surface area contributed by atoms with E-state index in [0.717, 1.165) is 10.5 Å². The van der Waals surface area contributed by atoms with Crippen molar-refractivity contribution in [3.63, 3.8) is 0 Å². The van der Waals surface area contributed by atoms with E-state index < -0.39 is 15.5 Å². The van der Waals surface area contributed by atoms with Crippen LogP contribution in [0.2, 0.25) is 0 Å². The molecule has 0 fully saturated rings. The molecule has 0 saturated carbocycles. The van der Waals surface area contributed by atoms with Crippen molar-refractivity contribution in [1.29, 1.82) is 0 Å². The normalized spacial score (nSPS) is 33.3. The summed E-state index contributed by atoms with van der Waals surface area (Å²) < 4.78 is 11.0. The van der Waals surface area contributed by atoms with Crippen LogP contribution in [0.25, 0.3) is 0 Å². The molecule has 0 aromatic heterocycles. The van der Waals surface area contributed by atoms with Gasteiger partial charge < -0.3 is 0 Å². The van der Waals surface area contributed by atoms with Crippen molar-refractivity contribution in [3.8, 4) is 0 Å². The highest BCUT2D eigenvalue weighted by molar-refractivity contribution is 7.87. The van der Waals surface area contributed by atoms with Crippen LogP contribution < -0.4 is 0 Å². The largest absolute Gasteiger partial charge is 0.253 e. The average Bonchev–Trinajstić information content (AvgIpc) is 2.33. The summed E-state index contributed by atoms with van der Waals surface area (Å²) in [4.78, 5) is 0.775. The van der Waals surface area contributed by atoms with Gasteiger partial charge in [-0.15, -0.1) is 23.2 Å². The predicted octanol–water partition coefficient (Wildman–Crippen LogP) is 2.65. The van der Waals surface area contributed by atoms with Crippen LogP contribution in [0.1, 0.15) is 10.9 Å². The number of hydrogen-bond acceptors (Lipinski definition) is 1. The Morgan fingerprint density at radius 1 is 1.25 bits per heavy atom. The van der Waals surface area contributed by atoms with Gasteiger partial charge in [0.1, 0.15) is 4.71 Å². The van der Waals surface area contributed by atoms with Crippen LogP contribution in [0.4, 0.5) is 0 Å². The second-order valence-corrected chi connectivity index (χ2v) is 5.33. The zero-order valence-corrected chi connectivity index (χ0v) is 8.36. The van der Waals surface area contributed by atoms with Gasteiger partial charge in [0, 0.05) is 4.90 Å². The minimum atomic E-state index is -1.14. The van der Waals surface area contributed by atoms with Crippen molar-refractivity contribution in [2.45, 2.75) is 15.0 Å². The molecule has 0 saturated heterocycles. The van der Waals surface area contributed by atoms with Crippen LogP contribution in [-0.2, 0) is 10.8 Å². The van der Waals surface area contributed by atoms with E-state index in [1.165, 1.54) is 0 Å². The molecule has 0 spiro atoms. The van der Waals surface area contributed by atoms with Crippen LogP contribution in [-0.4, -0.2) is 8.92 Å². The lowest BCUT2D eigenvalue weighted by atomic mass is 10.2. The highest BCUT2D eigenvalue weighted by atomic mass is 35.5. The van der Waals surface area contributed by atoms with Gasteiger partial charge in [0.15, 0.2) is 0 Å². The highest BCUT2D eigenvalue weighted by Gasteiger charge is 2.35. The molecule has 4 heteroatoms. The van der Waals surface area contributed by atoms with E-state index in [-0.39, 0.29) is 5.38 Å². The van der Waals surface area contributed by atoms with E-state index in [1.54, 1.807) is 0 Å². The molecule has 0 aliphatic carbocycles. The van der Waals surface area contributed by atoms with E-state index in [0.29, 0.717) is 0 Å². The molecule has 0 radical (unpaired) electrons. The summed E-state index contributed by atoms with van der Waals surface area (Å²) >= 11 is 11.8. The molecular weight excluding hydrogens is 215 g/mol. The molecule has 2 rings (SSSR count). The second-order valence-electron chi connectivity index (χ2n) is 2.59. The fraction of sp³-hybridized carbons (Fsp3) is 0.250. The van der Waals surface area contributed by atoms with Gasteiger partial charge in [-0.05, 0) is 11.6 Å². The molecule has 1 aromatic carbocycles. The lowest BCUT2D eigenvalue weighted by molar-refractivity contribution is 0.683. The quantitative estimate of drug-likeness (QED) is 0.615. The third-order valence-corrected chi connectivity index (χ3v) is 4.86. The Morgan fingerprint density at radius 3 is 2.58 bits per heavy atom. The first-order valence-electron chi connectivity index (χ1n) is 3.49. The zero-order valence-electron chi connectivity index (χ0n) is 6.04. The molecule has 1 aliphatic heterocycles. The van der Waals surface area contributed by atoms with Crippen molar-refractivity contribution in [1.82, 2.24) is 0 Å². The minimum Gasteiger partial charge on any atom is -0.253 e. The van der Waals surface area contributed by atoms with Crippen LogP contribution in [0.15, 0.2) is 29.2 Å². The summed E-state index contributed by atoms with van der Waals surface area (Å²) in [7, 11) is -1.14. The molecule has 3 atom stereocenters. The van der Waals surface area contributed by atoms with E-state index in [1.807, 2.05) is 24.3 Å². The summed E-state index contributed by atoms with van der Waals surface area (Å²) in [5, 5.41) is -0.316. The maximum absolute atomic E-state index is 11.5. The Balaban J connectivity index is 2.59. The van der Waals surface area contributed by atoms with Crippen LogP contribution in [0.5, 0.6) is 0 Å². The number of benzene rings is 1. The van der Waals surface area contributed by atoms with E-state index in [9.17, 15) is 4.21 Å². The number of alkyl halides is 2. The van der Waals surface area contributed by atoms with Gasteiger partial charge in [-0.25, -0.2) is 0 Å². The van der Waals surface area contributed by atoms with E-state index in [4.69, 9.17) is 23.2 Å². The standard InChI is InChI=1S/C8H6Cl2OS/c9-7-5-3-1-2-4-6(5)12(11)8(7)10/h1-4,7-8H/t7-,8+,12?/m0/s1. The Morgan fingerprint density at radius 2 is 1.92 bits per heavy atom. The van der Waals surface area contributed by atoms with Gasteiger partial charge in [-0.2, -0.15) is 0 Å². The van der Waals surface area contributed by atoms with Gasteiger partial charge in [-0.3, -0.25) is 4.21 Å². The molecule has 1 aliphatic rings. The number of hydrogen-bond donors (Lipinski definition) is 0. The van der Waals surface area contributed by atoms with E-state index >= 15 is 0 Å². The summed E-state index contributed by atoms with van der Waals surface area (Å²) in [6.45, 7) is 0. The lowest BCUT2D eigenvalue weighted by Gasteiger charge is -2.01. The molecule has 1 nitrogen and oxygen atoms in total. The zero-order chi connectivity index (χ0) is 8.72. The third kappa shape index (κ3) is 1.10. The lowest BCUT2D eigenvalue weighted by Crippen LogP contribution is -2.02. The Kier molecular flexibility index (Phi) is 2.15. The number of rotatable bonds is 0.